The van der Waals surface area contributed by atoms with Crippen molar-refractivity contribution >= 4 is 23.3 Å². The fourth-order valence-corrected chi connectivity index (χ4v) is 1.35. The molecule has 0 aliphatic carbocycles. The molecular formula is C10H9N3O. The molecule has 1 N–H and O–H groups in total. The Balaban J connectivity index is 2.65. The van der Waals surface area contributed by atoms with E-state index in [9.17, 15) is 4.79 Å². The Hall–Kier alpha value is -1.97. The van der Waals surface area contributed by atoms with Gasteiger partial charge in [-0.3, -0.25) is 10.1 Å². The minimum absolute atomic E-state index is 0.344. The zero-order chi connectivity index (χ0) is 9.97. The molecule has 14 heavy (non-hydrogen) atoms. The second-order valence-electron chi connectivity index (χ2n) is 2.91. The lowest BCUT2D eigenvalue weighted by Gasteiger charge is -2.03. The summed E-state index contributed by atoms with van der Waals surface area (Å²) in [6.45, 7) is 1.89. The van der Waals surface area contributed by atoms with Crippen LogP contribution in [-0.2, 0) is 4.79 Å². The fraction of sp³-hybridized carbons (Fsp3) is 0.100. The van der Waals surface area contributed by atoms with E-state index in [0.29, 0.717) is 12.4 Å². The highest BCUT2D eigenvalue weighted by Gasteiger charge is 2.01. The van der Waals surface area contributed by atoms with Gasteiger partial charge in [0.25, 0.3) is 0 Å². The van der Waals surface area contributed by atoms with Gasteiger partial charge in [-0.25, -0.2) is 9.97 Å². The average Bonchev–Trinajstić information content (AvgIpc) is 2.18. The summed E-state index contributed by atoms with van der Waals surface area (Å²) in [5.74, 6) is 0.344. The van der Waals surface area contributed by atoms with E-state index in [1.54, 1.807) is 0 Å². The molecule has 1 amide bonds. The Morgan fingerprint density at radius 2 is 2.07 bits per heavy atom. The van der Waals surface area contributed by atoms with Crippen LogP contribution in [0.5, 0.6) is 0 Å². The van der Waals surface area contributed by atoms with E-state index < -0.39 is 0 Å². The number of benzene rings is 1. The third kappa shape index (κ3) is 1.42. The van der Waals surface area contributed by atoms with Gasteiger partial charge in [0.05, 0.1) is 11.2 Å². The molecule has 70 valence electrons. The van der Waals surface area contributed by atoms with Crippen molar-refractivity contribution < 1.29 is 4.79 Å². The molecule has 0 unspecified atom stereocenters. The third-order valence-electron chi connectivity index (χ3n) is 1.98. The molecule has 0 radical (unpaired) electrons. The van der Waals surface area contributed by atoms with Crippen LogP contribution in [0.15, 0.2) is 24.3 Å². The van der Waals surface area contributed by atoms with Crippen LogP contribution in [0, 0.1) is 6.92 Å². The number of carbonyl (C=O) groups is 1. The van der Waals surface area contributed by atoms with Crippen LogP contribution < -0.4 is 5.32 Å². The Morgan fingerprint density at radius 3 is 2.86 bits per heavy atom. The Morgan fingerprint density at radius 1 is 1.29 bits per heavy atom. The number of nitrogens with zero attached hydrogens (tertiary/aromatic N) is 2. The van der Waals surface area contributed by atoms with Gasteiger partial charge in [0, 0.05) is 5.39 Å². The van der Waals surface area contributed by atoms with Gasteiger partial charge in [-0.15, -0.1) is 0 Å². The van der Waals surface area contributed by atoms with Crippen molar-refractivity contribution in [1.82, 2.24) is 9.97 Å². The molecule has 0 fully saturated rings. The number of amides is 1. The number of aryl methyl sites for hydroxylation is 1. The van der Waals surface area contributed by atoms with Crippen molar-refractivity contribution in [3.8, 4) is 0 Å². The minimum atomic E-state index is 0.344. The highest BCUT2D eigenvalue weighted by molar-refractivity contribution is 5.82. The molecule has 1 aromatic carbocycles. The van der Waals surface area contributed by atoms with E-state index in [1.807, 2.05) is 31.2 Å². The standard InChI is InChI=1S/C10H9N3O/c1-7-8-4-2-3-5-9(8)13-10(12-7)11-6-14/h2-6H,1H3,(H,11,12,13,14). The monoisotopic (exact) mass is 187 g/mol. The first kappa shape index (κ1) is 8.62. The number of carbonyl (C=O) groups excluding carboxylic acids is 1. The maximum Gasteiger partial charge on any atom is 0.229 e. The van der Waals surface area contributed by atoms with Crippen LogP contribution in [0.4, 0.5) is 5.95 Å². The number of anilines is 1. The van der Waals surface area contributed by atoms with Gasteiger partial charge >= 0.3 is 0 Å². The van der Waals surface area contributed by atoms with E-state index >= 15 is 0 Å². The van der Waals surface area contributed by atoms with Gasteiger partial charge in [0.1, 0.15) is 0 Å². The number of rotatable bonds is 2. The molecule has 4 nitrogen and oxygen atoms in total. The van der Waals surface area contributed by atoms with Crippen LogP contribution >= 0.6 is 0 Å². The summed E-state index contributed by atoms with van der Waals surface area (Å²) in [5.41, 5.74) is 1.70. The molecule has 0 aliphatic rings. The number of hydrogen-bond donors (Lipinski definition) is 1. The summed E-state index contributed by atoms with van der Waals surface area (Å²) in [4.78, 5) is 18.5. The second kappa shape index (κ2) is 3.41. The Kier molecular flexibility index (Phi) is 2.10. The SMILES string of the molecule is Cc1nc(NC=O)nc2ccccc12. The quantitative estimate of drug-likeness (QED) is 0.725. The summed E-state index contributed by atoms with van der Waals surface area (Å²) in [6, 6.07) is 7.68. The summed E-state index contributed by atoms with van der Waals surface area (Å²) >= 11 is 0. The topological polar surface area (TPSA) is 54.9 Å². The Labute approximate surface area is 81.0 Å². The molecule has 0 bridgehead atoms. The molecule has 4 heteroatoms. The maximum atomic E-state index is 10.2. The van der Waals surface area contributed by atoms with Crippen molar-refractivity contribution in [2.45, 2.75) is 6.92 Å². The molecule has 1 heterocycles. The lowest BCUT2D eigenvalue weighted by Crippen LogP contribution is -2.01. The first-order valence-corrected chi connectivity index (χ1v) is 4.25. The van der Waals surface area contributed by atoms with Gasteiger partial charge in [-0.1, -0.05) is 18.2 Å². The maximum absolute atomic E-state index is 10.2. The summed E-state index contributed by atoms with van der Waals surface area (Å²) in [6.07, 6.45) is 0.573. The van der Waals surface area contributed by atoms with Crippen molar-refractivity contribution in [2.24, 2.45) is 0 Å². The summed E-state index contributed by atoms with van der Waals surface area (Å²) in [5, 5.41) is 3.44. The first-order chi connectivity index (χ1) is 6.81. The molecular weight excluding hydrogens is 178 g/mol. The first-order valence-electron chi connectivity index (χ1n) is 4.25. The van der Waals surface area contributed by atoms with Crippen LogP contribution in [0.2, 0.25) is 0 Å². The number of para-hydroxylation sites is 1. The van der Waals surface area contributed by atoms with Crippen LogP contribution in [0.25, 0.3) is 10.9 Å². The number of fused-ring (bicyclic) bond motifs is 1. The number of aromatic nitrogens is 2. The van der Waals surface area contributed by atoms with Crippen molar-refractivity contribution in [3.05, 3.63) is 30.0 Å². The highest BCUT2D eigenvalue weighted by atomic mass is 16.1. The largest absolute Gasteiger partial charge is 0.297 e. The zero-order valence-electron chi connectivity index (χ0n) is 7.69. The average molecular weight is 187 g/mol. The van der Waals surface area contributed by atoms with Crippen LogP contribution in [0.1, 0.15) is 5.69 Å². The van der Waals surface area contributed by atoms with E-state index in [4.69, 9.17) is 0 Å². The lowest BCUT2D eigenvalue weighted by molar-refractivity contribution is -0.105. The molecule has 0 saturated heterocycles. The van der Waals surface area contributed by atoms with Gasteiger partial charge in [0.2, 0.25) is 12.4 Å². The number of hydrogen-bond acceptors (Lipinski definition) is 3. The molecule has 2 rings (SSSR count). The van der Waals surface area contributed by atoms with Crippen molar-refractivity contribution in [2.75, 3.05) is 5.32 Å². The lowest BCUT2D eigenvalue weighted by atomic mass is 10.2. The summed E-state index contributed by atoms with van der Waals surface area (Å²) < 4.78 is 0. The molecule has 1 aromatic heterocycles. The molecule has 0 spiro atoms. The van der Waals surface area contributed by atoms with E-state index in [1.165, 1.54) is 0 Å². The molecule has 0 aliphatic heterocycles. The van der Waals surface area contributed by atoms with Crippen LogP contribution in [-0.4, -0.2) is 16.4 Å². The number of nitrogens with one attached hydrogen (secondary N) is 1. The van der Waals surface area contributed by atoms with E-state index in [0.717, 1.165) is 16.6 Å². The Bertz CT molecular complexity index is 482. The highest BCUT2D eigenvalue weighted by Crippen LogP contribution is 2.15. The van der Waals surface area contributed by atoms with Gasteiger partial charge in [-0.2, -0.15) is 0 Å². The normalized spacial score (nSPS) is 10.1. The van der Waals surface area contributed by atoms with Crippen molar-refractivity contribution in [3.63, 3.8) is 0 Å². The zero-order valence-corrected chi connectivity index (χ0v) is 7.69. The minimum Gasteiger partial charge on any atom is -0.297 e. The van der Waals surface area contributed by atoms with E-state index in [2.05, 4.69) is 15.3 Å². The van der Waals surface area contributed by atoms with E-state index in [-0.39, 0.29) is 0 Å². The molecule has 0 atom stereocenters. The fourth-order valence-electron chi connectivity index (χ4n) is 1.35. The van der Waals surface area contributed by atoms with Gasteiger partial charge in [0.15, 0.2) is 0 Å². The predicted octanol–water partition coefficient (Wildman–Crippen LogP) is 1.51. The molecule has 2 aromatic rings. The van der Waals surface area contributed by atoms with Gasteiger partial charge < -0.3 is 0 Å². The third-order valence-corrected chi connectivity index (χ3v) is 1.98. The predicted molar refractivity (Wildman–Crippen MR) is 54.0 cm³/mol. The summed E-state index contributed by atoms with van der Waals surface area (Å²) in [7, 11) is 0. The van der Waals surface area contributed by atoms with Crippen molar-refractivity contribution in [1.29, 1.82) is 0 Å². The molecule has 0 saturated carbocycles. The van der Waals surface area contributed by atoms with Gasteiger partial charge in [-0.05, 0) is 13.0 Å². The van der Waals surface area contributed by atoms with Crippen LogP contribution in [0.3, 0.4) is 0 Å². The smallest absolute Gasteiger partial charge is 0.229 e. The second-order valence-corrected chi connectivity index (χ2v) is 2.91.